The van der Waals surface area contributed by atoms with Crippen LogP contribution in [0.1, 0.15) is 13.8 Å². The minimum atomic E-state index is -1.08. The molecule has 0 saturated carbocycles. The van der Waals surface area contributed by atoms with Gasteiger partial charge in [0, 0.05) is 23.9 Å². The lowest BCUT2D eigenvalue weighted by atomic mass is 10.2. The molecule has 1 aromatic carbocycles. The molecule has 0 aliphatic rings. The van der Waals surface area contributed by atoms with Crippen LogP contribution in [0.4, 0.5) is 5.69 Å². The first-order valence-electron chi connectivity index (χ1n) is 5.34. The Hall–Kier alpha value is -2.10. The number of anilines is 1. The summed E-state index contributed by atoms with van der Waals surface area (Å²) in [6, 6.07) is 9.15. The molecule has 0 aromatic heterocycles. The summed E-state index contributed by atoms with van der Waals surface area (Å²) in [6.07, 6.45) is 1.14. The zero-order chi connectivity index (χ0) is 12.8. The molecule has 0 heterocycles. The monoisotopic (exact) mass is 233 g/mol. The number of rotatable bonds is 4. The second kappa shape index (κ2) is 5.84. The third-order valence-corrected chi connectivity index (χ3v) is 2.33. The van der Waals surface area contributed by atoms with E-state index in [0.717, 1.165) is 11.8 Å². The van der Waals surface area contributed by atoms with Gasteiger partial charge in [0.25, 0.3) is 5.91 Å². The number of amides is 1. The number of hydrogen-bond acceptors (Lipinski definition) is 2. The molecule has 17 heavy (non-hydrogen) atoms. The van der Waals surface area contributed by atoms with Gasteiger partial charge in [-0.2, -0.15) is 0 Å². The van der Waals surface area contributed by atoms with E-state index in [1.807, 2.05) is 37.3 Å². The fourth-order valence-corrected chi connectivity index (χ4v) is 1.40. The summed E-state index contributed by atoms with van der Waals surface area (Å²) in [7, 11) is 0. The number of carboxylic acid groups (broad SMARTS) is 1. The molecule has 0 aliphatic carbocycles. The molecule has 1 amide bonds. The Balaban J connectivity index is 2.93. The highest BCUT2D eigenvalue weighted by Crippen LogP contribution is 2.13. The quantitative estimate of drug-likeness (QED) is 0.810. The van der Waals surface area contributed by atoms with Crippen LogP contribution < -0.4 is 4.90 Å². The van der Waals surface area contributed by atoms with E-state index in [0.29, 0.717) is 6.54 Å². The van der Waals surface area contributed by atoms with Crippen LogP contribution in [0.2, 0.25) is 0 Å². The lowest BCUT2D eigenvalue weighted by molar-refractivity contribution is -0.132. The van der Waals surface area contributed by atoms with E-state index in [2.05, 4.69) is 0 Å². The smallest absolute Gasteiger partial charge is 0.331 e. The predicted octanol–water partition coefficient (Wildman–Crippen LogP) is 2.07. The minimum Gasteiger partial charge on any atom is -0.478 e. The van der Waals surface area contributed by atoms with Crippen molar-refractivity contribution in [2.75, 3.05) is 11.4 Å². The first-order valence-corrected chi connectivity index (χ1v) is 5.34. The Bertz CT molecular complexity index is 437. The van der Waals surface area contributed by atoms with Crippen molar-refractivity contribution in [3.63, 3.8) is 0 Å². The Morgan fingerprint density at radius 3 is 2.35 bits per heavy atom. The highest BCUT2D eigenvalue weighted by Gasteiger charge is 2.12. The summed E-state index contributed by atoms with van der Waals surface area (Å²) >= 11 is 0. The molecule has 0 radical (unpaired) electrons. The fraction of sp³-hybridized carbons (Fsp3) is 0.231. The summed E-state index contributed by atoms with van der Waals surface area (Å²) in [5.74, 6) is -1.40. The van der Waals surface area contributed by atoms with Crippen molar-refractivity contribution in [1.29, 1.82) is 0 Å². The SMILES string of the molecule is CCN(C(=O)/C=C(/C)C(=O)O)c1ccccc1. The number of likely N-dealkylation sites (N-methyl/N-ethyl adjacent to an activating group) is 1. The highest BCUT2D eigenvalue weighted by atomic mass is 16.4. The molecule has 0 saturated heterocycles. The normalized spacial score (nSPS) is 11.1. The van der Waals surface area contributed by atoms with Gasteiger partial charge in [0.15, 0.2) is 0 Å². The van der Waals surface area contributed by atoms with E-state index in [1.54, 1.807) is 0 Å². The van der Waals surface area contributed by atoms with Crippen LogP contribution in [-0.2, 0) is 9.59 Å². The van der Waals surface area contributed by atoms with Crippen molar-refractivity contribution < 1.29 is 14.7 Å². The molecular formula is C13H15NO3. The standard InChI is InChI=1S/C13H15NO3/c1-3-14(11-7-5-4-6-8-11)12(15)9-10(2)13(16)17/h4-9H,3H2,1-2H3,(H,16,17)/b10-9-. The first kappa shape index (κ1) is 13.0. The van der Waals surface area contributed by atoms with Gasteiger partial charge in [-0.15, -0.1) is 0 Å². The minimum absolute atomic E-state index is 0.0318. The van der Waals surface area contributed by atoms with Gasteiger partial charge in [0.2, 0.25) is 0 Å². The summed E-state index contributed by atoms with van der Waals surface area (Å²) in [5, 5.41) is 8.72. The summed E-state index contributed by atoms with van der Waals surface area (Å²) in [4.78, 5) is 24.0. The second-order valence-electron chi connectivity index (χ2n) is 3.55. The Kier molecular flexibility index (Phi) is 4.46. The number of aliphatic carboxylic acids is 1. The van der Waals surface area contributed by atoms with Crippen LogP contribution in [-0.4, -0.2) is 23.5 Å². The fourth-order valence-electron chi connectivity index (χ4n) is 1.40. The van der Waals surface area contributed by atoms with Crippen molar-refractivity contribution in [3.8, 4) is 0 Å². The van der Waals surface area contributed by atoms with Gasteiger partial charge in [-0.25, -0.2) is 4.79 Å². The number of carbonyl (C=O) groups is 2. The molecule has 0 fully saturated rings. The molecule has 0 bridgehead atoms. The summed E-state index contributed by atoms with van der Waals surface area (Å²) in [5.41, 5.74) is 0.791. The molecule has 4 heteroatoms. The van der Waals surface area contributed by atoms with Crippen molar-refractivity contribution in [1.82, 2.24) is 0 Å². The van der Waals surface area contributed by atoms with Crippen molar-refractivity contribution in [2.24, 2.45) is 0 Å². The maximum Gasteiger partial charge on any atom is 0.331 e. The predicted molar refractivity (Wildman–Crippen MR) is 65.9 cm³/mol. The van der Waals surface area contributed by atoms with Gasteiger partial charge in [-0.1, -0.05) is 18.2 Å². The molecule has 1 aromatic rings. The zero-order valence-corrected chi connectivity index (χ0v) is 9.88. The lowest BCUT2D eigenvalue weighted by Crippen LogP contribution is -2.29. The van der Waals surface area contributed by atoms with Crippen molar-refractivity contribution in [3.05, 3.63) is 42.0 Å². The summed E-state index contributed by atoms with van der Waals surface area (Å²) < 4.78 is 0. The molecule has 1 N–H and O–H groups in total. The van der Waals surface area contributed by atoms with Crippen LogP contribution >= 0.6 is 0 Å². The number of carbonyl (C=O) groups excluding carboxylic acids is 1. The van der Waals surface area contributed by atoms with Gasteiger partial charge < -0.3 is 10.0 Å². The average molecular weight is 233 g/mol. The molecule has 0 aliphatic heterocycles. The third kappa shape index (κ3) is 3.45. The van der Waals surface area contributed by atoms with Crippen LogP contribution in [0.3, 0.4) is 0 Å². The maximum atomic E-state index is 11.9. The van der Waals surface area contributed by atoms with E-state index < -0.39 is 5.97 Å². The molecule has 90 valence electrons. The molecular weight excluding hydrogens is 218 g/mol. The van der Waals surface area contributed by atoms with E-state index in [9.17, 15) is 9.59 Å². The number of carboxylic acids is 1. The van der Waals surface area contributed by atoms with E-state index in [4.69, 9.17) is 5.11 Å². The van der Waals surface area contributed by atoms with Crippen LogP contribution in [0.15, 0.2) is 42.0 Å². The van der Waals surface area contributed by atoms with Crippen LogP contribution in [0.5, 0.6) is 0 Å². The topological polar surface area (TPSA) is 57.6 Å². The molecule has 0 atom stereocenters. The highest BCUT2D eigenvalue weighted by molar-refractivity contribution is 6.05. The largest absolute Gasteiger partial charge is 0.478 e. The number of para-hydroxylation sites is 1. The van der Waals surface area contributed by atoms with Gasteiger partial charge in [-0.3, -0.25) is 4.79 Å². The number of hydrogen-bond donors (Lipinski definition) is 1. The Morgan fingerprint density at radius 2 is 1.88 bits per heavy atom. The van der Waals surface area contributed by atoms with Crippen LogP contribution in [0, 0.1) is 0 Å². The number of nitrogens with zero attached hydrogens (tertiary/aromatic N) is 1. The van der Waals surface area contributed by atoms with E-state index >= 15 is 0 Å². The first-order chi connectivity index (χ1) is 8.06. The average Bonchev–Trinajstić information content (AvgIpc) is 2.31. The van der Waals surface area contributed by atoms with E-state index in [1.165, 1.54) is 11.8 Å². The third-order valence-electron chi connectivity index (χ3n) is 2.33. The summed E-state index contributed by atoms with van der Waals surface area (Å²) in [6.45, 7) is 3.74. The van der Waals surface area contributed by atoms with Gasteiger partial charge in [0.05, 0.1) is 0 Å². The molecule has 4 nitrogen and oxygen atoms in total. The molecule has 0 spiro atoms. The van der Waals surface area contributed by atoms with E-state index in [-0.39, 0.29) is 11.5 Å². The van der Waals surface area contributed by atoms with Crippen molar-refractivity contribution in [2.45, 2.75) is 13.8 Å². The van der Waals surface area contributed by atoms with Gasteiger partial charge in [0.1, 0.15) is 0 Å². The molecule has 1 rings (SSSR count). The zero-order valence-electron chi connectivity index (χ0n) is 9.88. The Labute approximate surface area is 100 Å². The second-order valence-corrected chi connectivity index (χ2v) is 3.55. The lowest BCUT2D eigenvalue weighted by Gasteiger charge is -2.19. The van der Waals surface area contributed by atoms with Gasteiger partial charge in [-0.05, 0) is 26.0 Å². The maximum absolute atomic E-state index is 11.9. The number of benzene rings is 1. The van der Waals surface area contributed by atoms with Gasteiger partial charge >= 0.3 is 5.97 Å². The van der Waals surface area contributed by atoms with Crippen molar-refractivity contribution >= 4 is 17.6 Å². The Morgan fingerprint density at radius 1 is 1.29 bits per heavy atom. The molecule has 0 unspecified atom stereocenters. The van der Waals surface area contributed by atoms with Crippen LogP contribution in [0.25, 0.3) is 0 Å².